The number of carbonyl (C=O) groups excluding carboxylic acids is 1. The first-order valence-corrected chi connectivity index (χ1v) is 5.38. The van der Waals surface area contributed by atoms with Crippen LogP contribution in [0.15, 0.2) is 23.8 Å². The van der Waals surface area contributed by atoms with E-state index in [0.29, 0.717) is 0 Å². The molecule has 2 rings (SSSR count). The molecule has 0 heterocycles. The molecule has 0 saturated carbocycles. The molecule has 0 saturated heterocycles. The molecule has 0 fully saturated rings. The smallest absolute Gasteiger partial charge is 0.159 e. The summed E-state index contributed by atoms with van der Waals surface area (Å²) in [6, 6.07) is 5.92. The van der Waals surface area contributed by atoms with Crippen molar-refractivity contribution in [3.05, 3.63) is 40.5 Å². The van der Waals surface area contributed by atoms with Gasteiger partial charge in [0.15, 0.2) is 5.78 Å². The van der Waals surface area contributed by atoms with Gasteiger partial charge in [-0.15, -0.1) is 0 Å². The van der Waals surface area contributed by atoms with Gasteiger partial charge in [0.25, 0.3) is 0 Å². The first-order chi connectivity index (χ1) is 6.59. The van der Waals surface area contributed by atoms with Gasteiger partial charge < -0.3 is 0 Å². The van der Waals surface area contributed by atoms with Gasteiger partial charge >= 0.3 is 0 Å². The Balaban J connectivity index is 2.55. The number of benzene rings is 1. The molecular formula is C12H11BrO. The van der Waals surface area contributed by atoms with Gasteiger partial charge in [-0.05, 0) is 37.5 Å². The van der Waals surface area contributed by atoms with E-state index >= 15 is 0 Å². The van der Waals surface area contributed by atoms with E-state index in [2.05, 4.69) is 22.9 Å². The van der Waals surface area contributed by atoms with Crippen LogP contribution in [-0.2, 0) is 6.42 Å². The second-order valence-corrected chi connectivity index (χ2v) is 4.49. The molecular weight excluding hydrogens is 240 g/mol. The minimum absolute atomic E-state index is 0.123. The first kappa shape index (κ1) is 9.66. The summed E-state index contributed by atoms with van der Waals surface area (Å²) in [6.45, 7) is 3.71. The molecule has 0 spiro atoms. The van der Waals surface area contributed by atoms with Crippen LogP contribution >= 0.6 is 15.9 Å². The highest BCUT2D eigenvalue weighted by Crippen LogP contribution is 2.37. The van der Waals surface area contributed by atoms with Gasteiger partial charge in [0.05, 0.1) is 0 Å². The monoisotopic (exact) mass is 250 g/mol. The zero-order valence-electron chi connectivity index (χ0n) is 8.23. The highest BCUT2D eigenvalue weighted by Gasteiger charge is 2.17. The maximum absolute atomic E-state index is 11.2. The van der Waals surface area contributed by atoms with Crippen molar-refractivity contribution >= 4 is 26.2 Å². The maximum Gasteiger partial charge on any atom is 0.159 e. The van der Waals surface area contributed by atoms with E-state index in [9.17, 15) is 4.79 Å². The normalized spacial score (nSPS) is 14.5. The van der Waals surface area contributed by atoms with E-state index in [0.717, 1.165) is 16.5 Å². The molecule has 0 radical (unpaired) electrons. The average Bonchev–Trinajstić information content (AvgIpc) is 2.43. The van der Waals surface area contributed by atoms with Crippen LogP contribution in [0, 0.1) is 0 Å². The van der Waals surface area contributed by atoms with Crippen LogP contribution in [0.25, 0.3) is 4.48 Å². The van der Waals surface area contributed by atoms with Crippen molar-refractivity contribution in [3.63, 3.8) is 0 Å². The van der Waals surface area contributed by atoms with Gasteiger partial charge in [-0.1, -0.05) is 33.6 Å². The molecule has 0 amide bonds. The Morgan fingerprint density at radius 2 is 2.14 bits per heavy atom. The van der Waals surface area contributed by atoms with Crippen LogP contribution in [-0.4, -0.2) is 5.78 Å². The largest absolute Gasteiger partial charge is 0.295 e. The standard InChI is InChI=1S/C12H11BrO/c1-7-5-10-4-3-9(8(2)14)6-11(10)12(7)13/h3-4,6H,5H2,1-2H3. The van der Waals surface area contributed by atoms with Crippen LogP contribution in [0.5, 0.6) is 0 Å². The second kappa shape index (κ2) is 3.35. The molecule has 72 valence electrons. The molecule has 0 atom stereocenters. The summed E-state index contributed by atoms with van der Waals surface area (Å²) in [7, 11) is 0. The second-order valence-electron chi connectivity index (χ2n) is 3.70. The zero-order valence-corrected chi connectivity index (χ0v) is 9.81. The molecule has 0 bridgehead atoms. The number of allylic oxidation sites excluding steroid dienone is 1. The fourth-order valence-electron chi connectivity index (χ4n) is 1.75. The number of halogens is 1. The molecule has 1 aromatic carbocycles. The molecule has 1 aliphatic carbocycles. The summed E-state index contributed by atoms with van der Waals surface area (Å²) in [5.74, 6) is 0.123. The molecule has 0 N–H and O–H groups in total. The molecule has 2 heteroatoms. The van der Waals surface area contributed by atoms with E-state index in [-0.39, 0.29) is 5.78 Å². The number of ketones is 1. The minimum atomic E-state index is 0.123. The third-order valence-corrected chi connectivity index (χ3v) is 3.69. The topological polar surface area (TPSA) is 17.1 Å². The van der Waals surface area contributed by atoms with Gasteiger partial charge in [-0.25, -0.2) is 0 Å². The van der Waals surface area contributed by atoms with Crippen molar-refractivity contribution in [2.75, 3.05) is 0 Å². The van der Waals surface area contributed by atoms with Crippen LogP contribution < -0.4 is 0 Å². The van der Waals surface area contributed by atoms with Crippen LogP contribution in [0.4, 0.5) is 0 Å². The lowest BCUT2D eigenvalue weighted by molar-refractivity contribution is 0.101. The van der Waals surface area contributed by atoms with Crippen LogP contribution in [0.3, 0.4) is 0 Å². The van der Waals surface area contributed by atoms with E-state index < -0.39 is 0 Å². The highest BCUT2D eigenvalue weighted by molar-refractivity contribution is 9.15. The lowest BCUT2D eigenvalue weighted by atomic mass is 10.0. The number of hydrogen-bond donors (Lipinski definition) is 0. The first-order valence-electron chi connectivity index (χ1n) is 4.59. The maximum atomic E-state index is 11.2. The predicted octanol–water partition coefficient (Wildman–Crippen LogP) is 3.57. The zero-order chi connectivity index (χ0) is 10.3. The molecule has 14 heavy (non-hydrogen) atoms. The van der Waals surface area contributed by atoms with E-state index in [1.807, 2.05) is 18.2 Å². The summed E-state index contributed by atoms with van der Waals surface area (Å²) >= 11 is 3.55. The number of carbonyl (C=O) groups is 1. The van der Waals surface area contributed by atoms with Crippen LogP contribution in [0.2, 0.25) is 0 Å². The van der Waals surface area contributed by atoms with Crippen LogP contribution in [0.1, 0.15) is 35.3 Å². The molecule has 1 aromatic rings. The Hall–Kier alpha value is -0.890. The molecule has 1 nitrogen and oxygen atoms in total. The summed E-state index contributed by atoms with van der Waals surface area (Å²) in [5, 5.41) is 0. The SMILES string of the molecule is CC(=O)c1ccc2c(c1)C(Br)=C(C)C2. The molecule has 0 aromatic heterocycles. The Bertz CT molecular complexity index is 444. The lowest BCUT2D eigenvalue weighted by Gasteiger charge is -2.02. The number of rotatable bonds is 1. The number of fused-ring (bicyclic) bond motifs is 1. The third-order valence-electron chi connectivity index (χ3n) is 2.58. The number of hydrogen-bond acceptors (Lipinski definition) is 1. The summed E-state index contributed by atoms with van der Waals surface area (Å²) in [5.41, 5.74) is 4.60. The quantitative estimate of drug-likeness (QED) is 0.697. The Morgan fingerprint density at radius 3 is 2.79 bits per heavy atom. The Labute approximate surface area is 92.0 Å². The van der Waals surface area contributed by atoms with Gasteiger partial charge in [-0.2, -0.15) is 0 Å². The van der Waals surface area contributed by atoms with Gasteiger partial charge in [0.2, 0.25) is 0 Å². The van der Waals surface area contributed by atoms with Crippen molar-refractivity contribution in [3.8, 4) is 0 Å². The molecule has 0 unspecified atom stereocenters. The Kier molecular flexibility index (Phi) is 2.31. The fraction of sp³-hybridized carbons (Fsp3) is 0.250. The van der Waals surface area contributed by atoms with E-state index in [1.165, 1.54) is 16.7 Å². The van der Waals surface area contributed by atoms with Gasteiger partial charge in [0.1, 0.15) is 0 Å². The number of Topliss-reactive ketones (excluding diaryl/α,β-unsaturated/α-hetero) is 1. The fourth-order valence-corrected chi connectivity index (χ4v) is 2.26. The molecule has 1 aliphatic rings. The van der Waals surface area contributed by atoms with Crippen molar-refractivity contribution < 1.29 is 4.79 Å². The third kappa shape index (κ3) is 1.44. The predicted molar refractivity (Wildman–Crippen MR) is 61.7 cm³/mol. The van der Waals surface area contributed by atoms with Crippen molar-refractivity contribution in [2.24, 2.45) is 0 Å². The Morgan fingerprint density at radius 1 is 1.43 bits per heavy atom. The molecule has 0 aliphatic heterocycles. The van der Waals surface area contributed by atoms with E-state index in [4.69, 9.17) is 0 Å². The minimum Gasteiger partial charge on any atom is -0.295 e. The van der Waals surface area contributed by atoms with Crippen molar-refractivity contribution in [2.45, 2.75) is 20.3 Å². The highest BCUT2D eigenvalue weighted by atomic mass is 79.9. The average molecular weight is 251 g/mol. The van der Waals surface area contributed by atoms with Gasteiger partial charge in [0, 0.05) is 10.0 Å². The lowest BCUT2D eigenvalue weighted by Crippen LogP contribution is -1.93. The van der Waals surface area contributed by atoms with Crippen molar-refractivity contribution in [1.82, 2.24) is 0 Å². The summed E-state index contributed by atoms with van der Waals surface area (Å²) < 4.78 is 1.15. The van der Waals surface area contributed by atoms with Crippen molar-refractivity contribution in [1.29, 1.82) is 0 Å². The summed E-state index contributed by atoms with van der Waals surface area (Å²) in [4.78, 5) is 11.2. The summed E-state index contributed by atoms with van der Waals surface area (Å²) in [6.07, 6.45) is 0.994. The van der Waals surface area contributed by atoms with Gasteiger partial charge in [-0.3, -0.25) is 4.79 Å². The van der Waals surface area contributed by atoms with E-state index in [1.54, 1.807) is 6.92 Å².